The van der Waals surface area contributed by atoms with E-state index in [1.165, 1.54) is 20.9 Å². The van der Waals surface area contributed by atoms with Gasteiger partial charge in [-0.25, -0.2) is 4.98 Å². The van der Waals surface area contributed by atoms with Crippen LogP contribution in [0.3, 0.4) is 0 Å². The highest BCUT2D eigenvalue weighted by molar-refractivity contribution is 7.13. The molecule has 0 saturated heterocycles. The Morgan fingerprint density at radius 3 is 2.84 bits per heavy atom. The normalized spacial score (nSPS) is 16.2. The lowest BCUT2D eigenvalue weighted by molar-refractivity contribution is -0.142. The monoisotopic (exact) mass is 445 g/mol. The van der Waals surface area contributed by atoms with Gasteiger partial charge in [0, 0.05) is 12.4 Å². The molecule has 1 aromatic heterocycles. The second-order valence-corrected chi connectivity index (χ2v) is 8.44. The Labute approximate surface area is 184 Å². The van der Waals surface area contributed by atoms with E-state index in [2.05, 4.69) is 20.8 Å². The number of aryl methyl sites for hydroxylation is 1. The molecule has 5 N–H and O–H groups in total. The van der Waals surface area contributed by atoms with Crippen molar-refractivity contribution in [3.8, 4) is 5.75 Å². The zero-order valence-electron chi connectivity index (χ0n) is 17.6. The molecule has 1 aromatic carbocycles. The van der Waals surface area contributed by atoms with Gasteiger partial charge in [0.1, 0.15) is 11.4 Å². The Morgan fingerprint density at radius 2 is 2.19 bits per heavy atom. The Kier molecular flexibility index (Phi) is 6.51. The first-order chi connectivity index (χ1) is 14.6. The molecule has 0 spiro atoms. The van der Waals surface area contributed by atoms with Crippen molar-refractivity contribution >= 4 is 41.1 Å². The van der Waals surface area contributed by atoms with Crippen molar-refractivity contribution < 1.29 is 24.1 Å². The number of nitrogen functional groups attached to an aromatic ring is 1. The molecule has 1 aliphatic heterocycles. The van der Waals surface area contributed by atoms with Gasteiger partial charge in [0.05, 0.1) is 5.94 Å². The first-order valence-corrected chi connectivity index (χ1v) is 10.4. The molecule has 0 unspecified atom stereocenters. The number of nitrogens with two attached hydrogens (primary N) is 1. The van der Waals surface area contributed by atoms with Crippen LogP contribution < -0.4 is 21.0 Å². The minimum absolute atomic E-state index is 0.174. The van der Waals surface area contributed by atoms with E-state index in [9.17, 15) is 14.6 Å². The summed E-state index contributed by atoms with van der Waals surface area (Å²) < 4.78 is 5.61. The minimum Gasteiger partial charge on any atom is -0.534 e. The number of nitrogens with one attached hydrogen (secondary N) is 2. The third-order valence-electron chi connectivity index (χ3n) is 4.75. The van der Waals surface area contributed by atoms with Gasteiger partial charge in [-0.2, -0.15) is 0 Å². The standard InChI is InChI=1S/C19H24BN5O5S/c1-10-6-5-7-11-8-13(20(28)29-15(10)11)24-16(26)14(12-9-31-18(21)23-12)25-30-19(2,3)17(27)22-4/h5-7,9,13,28H,8H2,1-4H3,(H2,21,23)(H,22,27)(H,24,26)/b25-14-/t13-/m0/s1. The quantitative estimate of drug-likeness (QED) is 0.286. The molecule has 2 heterocycles. The summed E-state index contributed by atoms with van der Waals surface area (Å²) in [7, 11) is 0.221. The fourth-order valence-electron chi connectivity index (χ4n) is 3.05. The number of hydrogen-bond donors (Lipinski definition) is 4. The van der Waals surface area contributed by atoms with Gasteiger partial charge in [0.15, 0.2) is 10.8 Å². The first kappa shape index (κ1) is 22.6. The molecule has 0 aliphatic carbocycles. The van der Waals surface area contributed by atoms with Crippen LogP contribution >= 0.6 is 11.3 Å². The van der Waals surface area contributed by atoms with Gasteiger partial charge in [-0.15, -0.1) is 11.3 Å². The van der Waals surface area contributed by atoms with Crippen molar-refractivity contribution in [3.05, 3.63) is 40.4 Å². The van der Waals surface area contributed by atoms with Crippen LogP contribution in [0.5, 0.6) is 5.75 Å². The van der Waals surface area contributed by atoms with E-state index < -0.39 is 30.5 Å². The van der Waals surface area contributed by atoms with E-state index in [0.29, 0.717) is 12.2 Å². The molecule has 164 valence electrons. The average molecular weight is 445 g/mol. The van der Waals surface area contributed by atoms with Crippen LogP contribution in [0.15, 0.2) is 28.7 Å². The van der Waals surface area contributed by atoms with Crippen LogP contribution in [-0.2, 0) is 20.8 Å². The number of fused-ring (bicyclic) bond motifs is 1. The van der Waals surface area contributed by atoms with Gasteiger partial charge in [0.2, 0.25) is 5.60 Å². The summed E-state index contributed by atoms with van der Waals surface area (Å²) in [4.78, 5) is 34.5. The number of carbonyl (C=O) groups excluding carboxylic acids is 2. The number of oxime groups is 1. The minimum atomic E-state index is -1.33. The van der Waals surface area contributed by atoms with Crippen LogP contribution in [0.1, 0.15) is 30.7 Å². The van der Waals surface area contributed by atoms with E-state index >= 15 is 0 Å². The molecule has 31 heavy (non-hydrogen) atoms. The maximum atomic E-state index is 13.0. The summed E-state index contributed by atoms with van der Waals surface area (Å²) in [6.45, 7) is 4.91. The third-order valence-corrected chi connectivity index (χ3v) is 5.43. The lowest BCUT2D eigenvalue weighted by atomic mass is 9.72. The average Bonchev–Trinajstić information content (AvgIpc) is 3.14. The summed E-state index contributed by atoms with van der Waals surface area (Å²) in [5, 5.41) is 21.3. The molecule has 12 heteroatoms. The van der Waals surface area contributed by atoms with Crippen molar-refractivity contribution in [2.45, 2.75) is 38.7 Å². The molecule has 3 rings (SSSR count). The Hall–Kier alpha value is -3.12. The SMILES string of the molecule is CNC(=O)C(C)(C)O/N=C(\C(=O)N[C@H]1Cc2cccc(C)c2OB1O)c1csc(N)n1. The number of para-hydroxylation sites is 1. The fraction of sp³-hybridized carbons (Fsp3) is 0.368. The predicted octanol–water partition coefficient (Wildman–Crippen LogP) is 0.419. The van der Waals surface area contributed by atoms with Crippen molar-refractivity contribution in [1.29, 1.82) is 0 Å². The Morgan fingerprint density at radius 1 is 1.45 bits per heavy atom. The summed E-state index contributed by atoms with van der Waals surface area (Å²) in [6, 6.07) is 5.64. The molecule has 0 saturated carbocycles. The smallest absolute Gasteiger partial charge is 0.534 e. The molecule has 0 bridgehead atoms. The van der Waals surface area contributed by atoms with Crippen molar-refractivity contribution in [2.24, 2.45) is 5.16 Å². The largest absolute Gasteiger partial charge is 0.547 e. The van der Waals surface area contributed by atoms with E-state index in [4.69, 9.17) is 15.2 Å². The number of amides is 2. The maximum Gasteiger partial charge on any atom is 0.547 e. The lowest BCUT2D eigenvalue weighted by Gasteiger charge is -2.29. The first-order valence-electron chi connectivity index (χ1n) is 9.56. The zero-order valence-corrected chi connectivity index (χ0v) is 18.4. The van der Waals surface area contributed by atoms with Crippen molar-refractivity contribution in [3.63, 3.8) is 0 Å². The Balaban J connectivity index is 1.84. The molecular formula is C19H24BN5O5S. The second kappa shape index (κ2) is 8.94. The third kappa shape index (κ3) is 4.97. The van der Waals surface area contributed by atoms with Gasteiger partial charge < -0.3 is 30.9 Å². The van der Waals surface area contributed by atoms with Crippen LogP contribution in [0, 0.1) is 6.92 Å². The highest BCUT2D eigenvalue weighted by Gasteiger charge is 2.38. The number of nitrogens with zero attached hydrogens (tertiary/aromatic N) is 2. The van der Waals surface area contributed by atoms with E-state index in [1.807, 2.05) is 25.1 Å². The second-order valence-electron chi connectivity index (χ2n) is 7.55. The fourth-order valence-corrected chi connectivity index (χ4v) is 3.59. The Bertz CT molecular complexity index is 1020. The van der Waals surface area contributed by atoms with Crippen LogP contribution in [0.25, 0.3) is 0 Å². The number of likely N-dealkylation sites (N-methyl/N-ethyl adjacent to an activating group) is 1. The number of rotatable bonds is 6. The van der Waals surface area contributed by atoms with Gasteiger partial charge in [-0.05, 0) is 38.3 Å². The summed E-state index contributed by atoms with van der Waals surface area (Å²) in [5.41, 5.74) is 6.15. The van der Waals surface area contributed by atoms with Gasteiger partial charge >= 0.3 is 7.12 Å². The number of carbonyl (C=O) groups is 2. The van der Waals surface area contributed by atoms with Gasteiger partial charge in [0.25, 0.3) is 11.8 Å². The number of hydrogen-bond acceptors (Lipinski definition) is 9. The molecule has 1 atom stereocenters. The summed E-state index contributed by atoms with van der Waals surface area (Å²) in [6.07, 6.45) is 0.362. The lowest BCUT2D eigenvalue weighted by Crippen LogP contribution is -2.54. The zero-order chi connectivity index (χ0) is 22.8. The van der Waals surface area contributed by atoms with Crippen molar-refractivity contribution in [2.75, 3.05) is 12.8 Å². The highest BCUT2D eigenvalue weighted by Crippen LogP contribution is 2.29. The van der Waals surface area contributed by atoms with E-state index in [1.54, 1.807) is 5.38 Å². The molecule has 2 aromatic rings. The molecule has 10 nitrogen and oxygen atoms in total. The molecule has 0 radical (unpaired) electrons. The number of anilines is 1. The van der Waals surface area contributed by atoms with Crippen LogP contribution in [0.2, 0.25) is 0 Å². The highest BCUT2D eigenvalue weighted by atomic mass is 32.1. The summed E-state index contributed by atoms with van der Waals surface area (Å²) >= 11 is 1.13. The van der Waals surface area contributed by atoms with Gasteiger partial charge in [-0.3, -0.25) is 9.59 Å². The topological polar surface area (TPSA) is 148 Å². The van der Waals surface area contributed by atoms with E-state index in [-0.39, 0.29) is 16.5 Å². The van der Waals surface area contributed by atoms with Crippen LogP contribution in [0.4, 0.5) is 5.13 Å². The van der Waals surface area contributed by atoms with Gasteiger partial charge in [-0.1, -0.05) is 23.4 Å². The van der Waals surface area contributed by atoms with Crippen molar-refractivity contribution in [1.82, 2.24) is 15.6 Å². The predicted molar refractivity (Wildman–Crippen MR) is 118 cm³/mol. The molecule has 1 aliphatic rings. The summed E-state index contributed by atoms with van der Waals surface area (Å²) in [5.74, 6) is -1.19. The number of benzene rings is 1. The number of thiazole rings is 1. The molecular weight excluding hydrogens is 421 g/mol. The maximum absolute atomic E-state index is 13.0. The van der Waals surface area contributed by atoms with E-state index in [0.717, 1.165) is 22.5 Å². The van der Waals surface area contributed by atoms with Crippen LogP contribution in [-0.4, -0.2) is 53.2 Å². The molecule has 0 fully saturated rings. The molecule has 2 amide bonds. The number of aromatic nitrogens is 1.